The second kappa shape index (κ2) is 7.89. The highest BCUT2D eigenvalue weighted by atomic mass is 16.4. The molecule has 0 aromatic carbocycles. The van der Waals surface area contributed by atoms with Crippen LogP contribution >= 0.6 is 0 Å². The summed E-state index contributed by atoms with van der Waals surface area (Å²) in [6.07, 6.45) is 2.81. The summed E-state index contributed by atoms with van der Waals surface area (Å²) in [7, 11) is 0. The van der Waals surface area contributed by atoms with Crippen molar-refractivity contribution in [2.45, 2.75) is 20.4 Å². The molecule has 0 saturated carbocycles. The number of aromatic carboxylic acids is 1. The topological polar surface area (TPSA) is 111 Å². The van der Waals surface area contributed by atoms with E-state index < -0.39 is 5.97 Å². The van der Waals surface area contributed by atoms with E-state index in [-0.39, 0.29) is 17.6 Å². The summed E-state index contributed by atoms with van der Waals surface area (Å²) in [5.74, 6) is -1.30. The molecule has 0 aliphatic heterocycles. The number of rotatable bonds is 7. The molecule has 1 heterocycles. The predicted octanol–water partition coefficient (Wildman–Crippen LogP) is 0.772. The number of aromatic nitrogens is 2. The zero-order valence-corrected chi connectivity index (χ0v) is 12.1. The molecule has 2 amide bonds. The van der Waals surface area contributed by atoms with E-state index in [9.17, 15) is 9.59 Å². The van der Waals surface area contributed by atoms with Crippen molar-refractivity contribution in [1.29, 1.82) is 5.26 Å². The van der Waals surface area contributed by atoms with Gasteiger partial charge in [-0.2, -0.15) is 5.26 Å². The van der Waals surface area contributed by atoms with Gasteiger partial charge in [0, 0.05) is 32.4 Å². The van der Waals surface area contributed by atoms with Gasteiger partial charge in [0.25, 0.3) is 0 Å². The average molecular weight is 293 g/mol. The van der Waals surface area contributed by atoms with E-state index in [1.165, 1.54) is 12.5 Å². The molecule has 1 unspecified atom stereocenters. The summed E-state index contributed by atoms with van der Waals surface area (Å²) in [6.45, 7) is 5.29. The van der Waals surface area contributed by atoms with Crippen LogP contribution < -0.4 is 5.32 Å². The lowest BCUT2D eigenvalue weighted by atomic mass is 10.2. The van der Waals surface area contributed by atoms with Crippen LogP contribution in [0.5, 0.6) is 0 Å². The number of imidazole rings is 1. The number of carboxylic acid groups (broad SMARTS) is 1. The molecule has 0 spiro atoms. The van der Waals surface area contributed by atoms with Crippen LogP contribution in [0.25, 0.3) is 0 Å². The first-order valence-corrected chi connectivity index (χ1v) is 6.65. The maximum atomic E-state index is 11.9. The zero-order valence-electron chi connectivity index (χ0n) is 12.1. The lowest BCUT2D eigenvalue weighted by molar-refractivity contribution is 0.0691. The molecule has 1 aromatic rings. The Hall–Kier alpha value is -2.56. The molecule has 0 aliphatic rings. The number of hydrogen-bond acceptors (Lipinski definition) is 4. The van der Waals surface area contributed by atoms with Crippen LogP contribution in [0.1, 0.15) is 24.3 Å². The molecule has 0 fully saturated rings. The van der Waals surface area contributed by atoms with Gasteiger partial charge < -0.3 is 19.9 Å². The van der Waals surface area contributed by atoms with E-state index in [0.29, 0.717) is 26.2 Å². The van der Waals surface area contributed by atoms with Crippen molar-refractivity contribution in [2.75, 3.05) is 19.6 Å². The van der Waals surface area contributed by atoms with Crippen molar-refractivity contribution in [3.63, 3.8) is 0 Å². The fraction of sp³-hybridized carbons (Fsp3) is 0.538. The molecular formula is C13H19N5O3. The second-order valence-electron chi connectivity index (χ2n) is 4.60. The maximum absolute atomic E-state index is 11.9. The molecule has 0 bridgehead atoms. The van der Waals surface area contributed by atoms with Crippen LogP contribution in [0.2, 0.25) is 0 Å². The Bertz CT molecular complexity index is 534. The highest BCUT2D eigenvalue weighted by molar-refractivity contribution is 5.84. The molecular weight excluding hydrogens is 274 g/mol. The summed E-state index contributed by atoms with van der Waals surface area (Å²) in [6, 6.07) is 1.85. The van der Waals surface area contributed by atoms with Crippen molar-refractivity contribution >= 4 is 12.0 Å². The van der Waals surface area contributed by atoms with Crippen molar-refractivity contribution in [3.8, 4) is 6.07 Å². The minimum Gasteiger partial charge on any atom is -0.476 e. The van der Waals surface area contributed by atoms with Crippen LogP contribution in [-0.4, -0.2) is 51.2 Å². The fourth-order valence-corrected chi connectivity index (χ4v) is 1.72. The number of nitriles is 1. The number of carbonyl (C=O) groups is 2. The fourth-order valence-electron chi connectivity index (χ4n) is 1.72. The molecule has 2 N–H and O–H groups in total. The number of amides is 2. The van der Waals surface area contributed by atoms with Gasteiger partial charge in [0.2, 0.25) is 0 Å². The van der Waals surface area contributed by atoms with Crippen LogP contribution in [0.15, 0.2) is 12.5 Å². The Balaban J connectivity index is 2.41. The largest absolute Gasteiger partial charge is 0.476 e. The summed E-state index contributed by atoms with van der Waals surface area (Å²) in [5.41, 5.74) is -0.0284. The minimum atomic E-state index is -1.08. The SMILES string of the molecule is CCN(CC(C)C#N)C(=O)NCCn1cnc(C(=O)O)c1. The first-order valence-electron chi connectivity index (χ1n) is 6.65. The minimum absolute atomic E-state index is 0.0284. The van der Waals surface area contributed by atoms with Crippen LogP contribution in [0.3, 0.4) is 0 Å². The maximum Gasteiger partial charge on any atom is 0.356 e. The van der Waals surface area contributed by atoms with E-state index in [1.54, 1.807) is 16.4 Å². The van der Waals surface area contributed by atoms with Crippen molar-refractivity contribution in [3.05, 3.63) is 18.2 Å². The number of carboxylic acids is 1. The van der Waals surface area contributed by atoms with E-state index in [1.807, 2.05) is 6.92 Å². The lowest BCUT2D eigenvalue weighted by Crippen LogP contribution is -2.42. The van der Waals surface area contributed by atoms with E-state index >= 15 is 0 Å². The van der Waals surface area contributed by atoms with Gasteiger partial charge in [-0.1, -0.05) is 0 Å². The van der Waals surface area contributed by atoms with Gasteiger partial charge in [0.1, 0.15) is 0 Å². The molecule has 0 aliphatic carbocycles. The monoisotopic (exact) mass is 293 g/mol. The average Bonchev–Trinajstić information content (AvgIpc) is 2.93. The Morgan fingerprint density at radius 1 is 1.62 bits per heavy atom. The van der Waals surface area contributed by atoms with Gasteiger partial charge in [-0.05, 0) is 13.8 Å². The molecule has 8 heteroatoms. The number of nitrogens with zero attached hydrogens (tertiary/aromatic N) is 4. The first-order chi connectivity index (χ1) is 9.97. The van der Waals surface area contributed by atoms with Crippen LogP contribution in [0, 0.1) is 17.2 Å². The first kappa shape index (κ1) is 16.5. The molecule has 0 saturated heterocycles. The third kappa shape index (κ3) is 5.14. The summed E-state index contributed by atoms with van der Waals surface area (Å²) in [5, 5.41) is 20.2. The van der Waals surface area contributed by atoms with Gasteiger partial charge >= 0.3 is 12.0 Å². The quantitative estimate of drug-likeness (QED) is 0.771. The molecule has 21 heavy (non-hydrogen) atoms. The van der Waals surface area contributed by atoms with Crippen LogP contribution in [-0.2, 0) is 6.54 Å². The highest BCUT2D eigenvalue weighted by Gasteiger charge is 2.14. The molecule has 1 atom stereocenters. The molecule has 1 aromatic heterocycles. The van der Waals surface area contributed by atoms with E-state index in [2.05, 4.69) is 16.4 Å². The van der Waals surface area contributed by atoms with Crippen molar-refractivity contribution in [2.24, 2.45) is 5.92 Å². The number of nitrogens with one attached hydrogen (secondary N) is 1. The Morgan fingerprint density at radius 3 is 2.86 bits per heavy atom. The van der Waals surface area contributed by atoms with Crippen molar-refractivity contribution < 1.29 is 14.7 Å². The standard InChI is InChI=1S/C13H19N5O3/c1-3-18(7-10(2)6-14)13(21)15-4-5-17-8-11(12(19)20)16-9-17/h8-10H,3-5,7H2,1-2H3,(H,15,21)(H,19,20). The van der Waals surface area contributed by atoms with Gasteiger partial charge in [-0.15, -0.1) is 0 Å². The highest BCUT2D eigenvalue weighted by Crippen LogP contribution is 1.99. The third-order valence-corrected chi connectivity index (χ3v) is 2.88. The second-order valence-corrected chi connectivity index (χ2v) is 4.60. The summed E-state index contributed by atoms with van der Waals surface area (Å²) >= 11 is 0. The van der Waals surface area contributed by atoms with Crippen molar-refractivity contribution in [1.82, 2.24) is 19.8 Å². The van der Waals surface area contributed by atoms with E-state index in [4.69, 9.17) is 10.4 Å². The van der Waals surface area contributed by atoms with Gasteiger partial charge in [-0.3, -0.25) is 0 Å². The Labute approximate surface area is 123 Å². The third-order valence-electron chi connectivity index (χ3n) is 2.88. The van der Waals surface area contributed by atoms with Gasteiger partial charge in [0.05, 0.1) is 18.3 Å². The molecule has 0 radical (unpaired) electrons. The molecule has 114 valence electrons. The Kier molecular flexibility index (Phi) is 6.20. The normalized spacial score (nSPS) is 11.5. The lowest BCUT2D eigenvalue weighted by Gasteiger charge is -2.22. The number of hydrogen-bond donors (Lipinski definition) is 2. The van der Waals surface area contributed by atoms with E-state index in [0.717, 1.165) is 0 Å². The molecule has 8 nitrogen and oxygen atoms in total. The smallest absolute Gasteiger partial charge is 0.356 e. The zero-order chi connectivity index (χ0) is 15.8. The number of carbonyl (C=O) groups excluding carboxylic acids is 1. The summed E-state index contributed by atoms with van der Waals surface area (Å²) in [4.78, 5) is 27.9. The number of urea groups is 1. The predicted molar refractivity (Wildman–Crippen MR) is 74.6 cm³/mol. The Morgan fingerprint density at radius 2 is 2.33 bits per heavy atom. The van der Waals surface area contributed by atoms with Gasteiger partial charge in [0.15, 0.2) is 5.69 Å². The van der Waals surface area contributed by atoms with Gasteiger partial charge in [-0.25, -0.2) is 14.6 Å². The van der Waals surface area contributed by atoms with Crippen LogP contribution in [0.4, 0.5) is 4.79 Å². The summed E-state index contributed by atoms with van der Waals surface area (Å²) < 4.78 is 1.60. The molecule has 1 rings (SSSR count).